The Bertz CT molecular complexity index is 731. The topological polar surface area (TPSA) is 69.2 Å². The van der Waals surface area contributed by atoms with Crippen LogP contribution in [0.4, 0.5) is 0 Å². The summed E-state index contributed by atoms with van der Waals surface area (Å²) >= 11 is 0. The van der Waals surface area contributed by atoms with Gasteiger partial charge in [-0.3, -0.25) is 9.69 Å². The van der Waals surface area contributed by atoms with E-state index in [1.165, 1.54) is 12.0 Å². The maximum Gasteiger partial charge on any atom is 0.225 e. The third kappa shape index (κ3) is 7.52. The first-order chi connectivity index (χ1) is 14.6. The quantitative estimate of drug-likeness (QED) is 0.300. The lowest BCUT2D eigenvalue weighted by molar-refractivity contribution is -0.139. The van der Waals surface area contributed by atoms with Crippen molar-refractivity contribution in [2.24, 2.45) is 10.9 Å². The van der Waals surface area contributed by atoms with Crippen molar-refractivity contribution < 1.29 is 9.53 Å². The summed E-state index contributed by atoms with van der Waals surface area (Å²) in [6.07, 6.45) is 3.39. The van der Waals surface area contributed by atoms with Crippen LogP contribution in [0.15, 0.2) is 23.2 Å². The van der Waals surface area contributed by atoms with Crippen molar-refractivity contribution in [2.75, 3.05) is 52.9 Å². The molecule has 2 aliphatic rings. The van der Waals surface area contributed by atoms with Crippen molar-refractivity contribution >= 4 is 35.8 Å². The summed E-state index contributed by atoms with van der Waals surface area (Å²) in [6, 6.07) is 6.20. The van der Waals surface area contributed by atoms with Gasteiger partial charge in [0.15, 0.2) is 5.96 Å². The zero-order valence-corrected chi connectivity index (χ0v) is 21.5. The average molecular weight is 543 g/mol. The Labute approximate surface area is 204 Å². The highest BCUT2D eigenvalue weighted by atomic mass is 127. The fourth-order valence-electron chi connectivity index (χ4n) is 3.93. The highest BCUT2D eigenvalue weighted by Crippen LogP contribution is 2.28. The Kier molecular flexibility index (Phi) is 10.9. The van der Waals surface area contributed by atoms with Crippen LogP contribution in [0.25, 0.3) is 0 Å². The number of hydrogen-bond acceptors (Lipinski definition) is 4. The average Bonchev–Trinajstić information content (AvgIpc) is 2.71. The smallest absolute Gasteiger partial charge is 0.225 e. The second-order valence-corrected chi connectivity index (χ2v) is 8.23. The van der Waals surface area contributed by atoms with Gasteiger partial charge in [-0.2, -0.15) is 0 Å². The molecule has 3 rings (SSSR count). The molecule has 2 N–H and O–H groups in total. The molecule has 31 heavy (non-hydrogen) atoms. The van der Waals surface area contributed by atoms with Gasteiger partial charge >= 0.3 is 0 Å². The zero-order chi connectivity index (χ0) is 21.3. The van der Waals surface area contributed by atoms with Crippen LogP contribution >= 0.6 is 24.0 Å². The van der Waals surface area contributed by atoms with Crippen molar-refractivity contribution in [3.05, 3.63) is 29.3 Å². The Morgan fingerprint density at radius 3 is 2.55 bits per heavy atom. The number of aliphatic imine (C=N–C) groups is 1. The number of piperazine rings is 1. The first-order valence-corrected chi connectivity index (χ1v) is 11.3. The van der Waals surface area contributed by atoms with Gasteiger partial charge in [-0.25, -0.2) is 4.99 Å². The largest absolute Gasteiger partial charge is 0.496 e. The molecular weight excluding hydrogens is 505 g/mol. The van der Waals surface area contributed by atoms with Crippen LogP contribution in [-0.2, 0) is 11.3 Å². The predicted octanol–water partition coefficient (Wildman–Crippen LogP) is 2.62. The number of guanidine groups is 1. The van der Waals surface area contributed by atoms with Crippen LogP contribution < -0.4 is 15.4 Å². The summed E-state index contributed by atoms with van der Waals surface area (Å²) in [4.78, 5) is 21.6. The normalized spacial score (nSPS) is 17.5. The van der Waals surface area contributed by atoms with Crippen molar-refractivity contribution in [3.8, 4) is 5.75 Å². The van der Waals surface area contributed by atoms with Crippen LogP contribution in [-0.4, -0.2) is 74.6 Å². The van der Waals surface area contributed by atoms with E-state index >= 15 is 0 Å². The second kappa shape index (κ2) is 13.1. The van der Waals surface area contributed by atoms with E-state index in [1.807, 2.05) is 6.07 Å². The maximum atomic E-state index is 12.4. The summed E-state index contributed by atoms with van der Waals surface area (Å²) in [5.41, 5.74) is 2.26. The van der Waals surface area contributed by atoms with E-state index < -0.39 is 0 Å². The summed E-state index contributed by atoms with van der Waals surface area (Å²) in [7, 11) is 1.70. The number of carbonyl (C=O) groups excluding carboxylic acids is 1. The number of hydrogen-bond donors (Lipinski definition) is 2. The van der Waals surface area contributed by atoms with Gasteiger partial charge in [0.1, 0.15) is 5.75 Å². The van der Waals surface area contributed by atoms with Gasteiger partial charge in [0.2, 0.25) is 5.91 Å². The molecule has 1 aliphatic carbocycles. The molecule has 0 spiro atoms. The molecule has 1 saturated heterocycles. The predicted molar refractivity (Wildman–Crippen MR) is 136 cm³/mol. The highest BCUT2D eigenvalue weighted by Gasteiger charge is 2.30. The fraction of sp³-hybridized carbons (Fsp3) is 0.652. The van der Waals surface area contributed by atoms with E-state index in [9.17, 15) is 4.79 Å². The van der Waals surface area contributed by atoms with E-state index in [1.54, 1.807) is 7.11 Å². The van der Waals surface area contributed by atoms with Crippen LogP contribution in [0.1, 0.15) is 37.3 Å². The molecule has 0 radical (unpaired) electrons. The molecule has 1 saturated carbocycles. The number of halogens is 1. The fourth-order valence-corrected chi connectivity index (χ4v) is 3.93. The summed E-state index contributed by atoms with van der Waals surface area (Å²) in [6.45, 7) is 10.9. The van der Waals surface area contributed by atoms with Crippen molar-refractivity contribution in [2.45, 2.75) is 39.7 Å². The van der Waals surface area contributed by atoms with Gasteiger partial charge in [0, 0.05) is 57.3 Å². The molecule has 0 bridgehead atoms. The second-order valence-electron chi connectivity index (χ2n) is 8.23. The van der Waals surface area contributed by atoms with Crippen molar-refractivity contribution in [3.63, 3.8) is 0 Å². The van der Waals surface area contributed by atoms with Gasteiger partial charge in [0.05, 0.1) is 13.7 Å². The van der Waals surface area contributed by atoms with Crippen LogP contribution in [0, 0.1) is 12.8 Å². The third-order valence-corrected chi connectivity index (χ3v) is 6.05. The van der Waals surface area contributed by atoms with E-state index in [0.29, 0.717) is 18.4 Å². The first kappa shape index (κ1) is 25.7. The number of rotatable bonds is 8. The lowest BCUT2D eigenvalue weighted by Gasteiger charge is -2.38. The number of ether oxygens (including phenoxy) is 1. The zero-order valence-electron chi connectivity index (χ0n) is 19.2. The minimum absolute atomic E-state index is 0. The summed E-state index contributed by atoms with van der Waals surface area (Å²) < 4.78 is 5.49. The summed E-state index contributed by atoms with van der Waals surface area (Å²) in [5.74, 6) is 2.39. The number of nitrogens with one attached hydrogen (secondary N) is 2. The molecule has 8 heteroatoms. The highest BCUT2D eigenvalue weighted by molar-refractivity contribution is 14.0. The molecule has 1 aromatic carbocycles. The number of benzene rings is 1. The molecule has 1 amide bonds. The Hall–Kier alpha value is -1.55. The van der Waals surface area contributed by atoms with Gasteiger partial charge in [-0.1, -0.05) is 18.6 Å². The maximum absolute atomic E-state index is 12.4. The Balaban J connectivity index is 0.00000341. The number of carbonyl (C=O) groups is 1. The lowest BCUT2D eigenvalue weighted by Crippen LogP contribution is -2.52. The van der Waals surface area contributed by atoms with E-state index in [0.717, 1.165) is 75.9 Å². The van der Waals surface area contributed by atoms with Gasteiger partial charge in [-0.15, -0.1) is 24.0 Å². The SMILES string of the molecule is CCNC(=NCc1ccc(C)cc1OC)NCCN1CCN(C(=O)C2CCC2)CC1.I. The van der Waals surface area contributed by atoms with E-state index in [-0.39, 0.29) is 24.0 Å². The van der Waals surface area contributed by atoms with Crippen molar-refractivity contribution in [1.29, 1.82) is 0 Å². The lowest BCUT2D eigenvalue weighted by atomic mass is 9.84. The minimum atomic E-state index is 0. The van der Waals surface area contributed by atoms with Crippen LogP contribution in [0.5, 0.6) is 5.75 Å². The van der Waals surface area contributed by atoms with Crippen LogP contribution in [0.3, 0.4) is 0 Å². The van der Waals surface area contributed by atoms with E-state index in [4.69, 9.17) is 9.73 Å². The molecule has 0 unspecified atom stereocenters. The molecule has 0 aromatic heterocycles. The first-order valence-electron chi connectivity index (χ1n) is 11.3. The molecule has 2 fully saturated rings. The molecule has 0 atom stereocenters. The number of aryl methyl sites for hydroxylation is 1. The minimum Gasteiger partial charge on any atom is -0.496 e. The molecule has 1 heterocycles. The number of nitrogens with zero attached hydrogens (tertiary/aromatic N) is 3. The molecule has 1 aromatic rings. The van der Waals surface area contributed by atoms with Crippen molar-refractivity contribution in [1.82, 2.24) is 20.4 Å². The van der Waals surface area contributed by atoms with Gasteiger partial charge in [0.25, 0.3) is 0 Å². The molecule has 174 valence electrons. The number of methoxy groups -OCH3 is 1. The molecule has 7 nitrogen and oxygen atoms in total. The Morgan fingerprint density at radius 2 is 1.94 bits per heavy atom. The van der Waals surface area contributed by atoms with Crippen LogP contribution in [0.2, 0.25) is 0 Å². The molecule has 1 aliphatic heterocycles. The van der Waals surface area contributed by atoms with E-state index in [2.05, 4.69) is 46.4 Å². The van der Waals surface area contributed by atoms with Gasteiger partial charge < -0.3 is 20.3 Å². The Morgan fingerprint density at radius 1 is 1.19 bits per heavy atom. The summed E-state index contributed by atoms with van der Waals surface area (Å²) in [5, 5.41) is 6.75. The number of amides is 1. The monoisotopic (exact) mass is 543 g/mol. The standard InChI is InChI=1S/C23H37N5O2.HI/c1-4-24-23(26-17-20-9-8-18(2)16-21(20)30-3)25-10-11-27-12-14-28(15-13-27)22(29)19-6-5-7-19;/h8-9,16,19H,4-7,10-15,17H2,1-3H3,(H2,24,25,26);1H. The van der Waals surface area contributed by atoms with Gasteiger partial charge in [-0.05, 0) is 38.3 Å². The third-order valence-electron chi connectivity index (χ3n) is 6.05. The molecular formula is C23H38IN5O2.